The summed E-state index contributed by atoms with van der Waals surface area (Å²) < 4.78 is 38.7. The molecule has 1 aromatic rings. The lowest BCUT2D eigenvalue weighted by molar-refractivity contribution is 0.365. The van der Waals surface area contributed by atoms with Crippen molar-refractivity contribution in [1.82, 2.24) is 4.90 Å². The molecular weight excluding hydrogens is 205 g/mol. The van der Waals surface area contributed by atoms with E-state index >= 15 is 0 Å². The van der Waals surface area contributed by atoms with Gasteiger partial charge in [0.1, 0.15) is 0 Å². The first-order chi connectivity index (χ1) is 6.93. The molecule has 0 saturated heterocycles. The van der Waals surface area contributed by atoms with Crippen molar-refractivity contribution in [2.24, 2.45) is 5.73 Å². The second kappa shape index (κ2) is 4.63. The lowest BCUT2D eigenvalue weighted by Gasteiger charge is -2.17. The Hall–Kier alpha value is -1.07. The van der Waals surface area contributed by atoms with E-state index < -0.39 is 23.5 Å². The summed E-state index contributed by atoms with van der Waals surface area (Å²) in [6.45, 7) is 0.363. The van der Waals surface area contributed by atoms with E-state index in [-0.39, 0.29) is 5.56 Å². The number of likely N-dealkylation sites (N-methyl/N-ethyl adjacent to an activating group) is 1. The molecule has 0 radical (unpaired) electrons. The lowest BCUT2D eigenvalue weighted by atomic mass is 10.1. The van der Waals surface area contributed by atoms with Crippen molar-refractivity contribution in [3.05, 3.63) is 35.1 Å². The standard InChI is InChI=1S/C10H13F3N2/c1-15(2)5-8(14)6-3-4-7(11)10(13)9(6)12/h3-4,8H,5,14H2,1-2H3. The van der Waals surface area contributed by atoms with E-state index in [1.54, 1.807) is 19.0 Å². The largest absolute Gasteiger partial charge is 0.323 e. The number of benzene rings is 1. The van der Waals surface area contributed by atoms with Crippen LogP contribution < -0.4 is 5.73 Å². The third-order valence-electron chi connectivity index (χ3n) is 2.03. The Morgan fingerprint density at radius 3 is 2.33 bits per heavy atom. The van der Waals surface area contributed by atoms with Crippen LogP contribution in [0, 0.1) is 17.5 Å². The maximum absolute atomic E-state index is 13.2. The van der Waals surface area contributed by atoms with Crippen LogP contribution in [-0.4, -0.2) is 25.5 Å². The maximum atomic E-state index is 13.2. The van der Waals surface area contributed by atoms with Gasteiger partial charge in [-0.25, -0.2) is 13.2 Å². The summed E-state index contributed by atoms with van der Waals surface area (Å²) in [4.78, 5) is 1.74. The van der Waals surface area contributed by atoms with Gasteiger partial charge in [-0.3, -0.25) is 0 Å². The van der Waals surface area contributed by atoms with Crippen LogP contribution in [0.1, 0.15) is 11.6 Å². The highest BCUT2D eigenvalue weighted by Gasteiger charge is 2.18. The minimum absolute atomic E-state index is 0.0115. The molecule has 0 spiro atoms. The van der Waals surface area contributed by atoms with Gasteiger partial charge in [-0.1, -0.05) is 6.07 Å². The van der Waals surface area contributed by atoms with Gasteiger partial charge in [-0.2, -0.15) is 0 Å². The van der Waals surface area contributed by atoms with Gasteiger partial charge in [0.15, 0.2) is 17.5 Å². The topological polar surface area (TPSA) is 29.3 Å². The molecule has 0 aliphatic rings. The van der Waals surface area contributed by atoms with Crippen LogP contribution in [0.2, 0.25) is 0 Å². The summed E-state index contributed by atoms with van der Waals surface area (Å²) in [6, 6.07) is 1.38. The SMILES string of the molecule is CN(C)CC(N)c1ccc(F)c(F)c1F. The molecule has 0 amide bonds. The number of hydrogen-bond acceptors (Lipinski definition) is 2. The van der Waals surface area contributed by atoms with Crippen LogP contribution >= 0.6 is 0 Å². The predicted molar refractivity (Wildman–Crippen MR) is 51.8 cm³/mol. The summed E-state index contributed by atoms with van der Waals surface area (Å²) in [7, 11) is 3.52. The summed E-state index contributed by atoms with van der Waals surface area (Å²) >= 11 is 0. The van der Waals surface area contributed by atoms with Gasteiger partial charge >= 0.3 is 0 Å². The average molecular weight is 218 g/mol. The second-order valence-electron chi connectivity index (χ2n) is 3.63. The van der Waals surface area contributed by atoms with Crippen LogP contribution in [0.5, 0.6) is 0 Å². The molecule has 0 bridgehead atoms. The molecule has 15 heavy (non-hydrogen) atoms. The summed E-state index contributed by atoms with van der Waals surface area (Å²) in [6.07, 6.45) is 0. The van der Waals surface area contributed by atoms with Crippen LogP contribution in [0.15, 0.2) is 12.1 Å². The van der Waals surface area contributed by atoms with Crippen molar-refractivity contribution in [3.8, 4) is 0 Å². The Bertz CT molecular complexity index is 353. The number of nitrogens with two attached hydrogens (primary N) is 1. The lowest BCUT2D eigenvalue weighted by Crippen LogP contribution is -2.27. The van der Waals surface area contributed by atoms with E-state index in [9.17, 15) is 13.2 Å². The van der Waals surface area contributed by atoms with E-state index in [2.05, 4.69) is 0 Å². The molecule has 2 nitrogen and oxygen atoms in total. The first-order valence-corrected chi connectivity index (χ1v) is 4.47. The Morgan fingerprint density at radius 1 is 1.20 bits per heavy atom. The van der Waals surface area contributed by atoms with Crippen molar-refractivity contribution < 1.29 is 13.2 Å². The van der Waals surface area contributed by atoms with Crippen LogP contribution in [-0.2, 0) is 0 Å². The maximum Gasteiger partial charge on any atom is 0.194 e. The average Bonchev–Trinajstić information content (AvgIpc) is 2.13. The fraction of sp³-hybridized carbons (Fsp3) is 0.400. The number of hydrogen-bond donors (Lipinski definition) is 1. The molecule has 0 saturated carbocycles. The molecule has 1 unspecified atom stereocenters. The van der Waals surface area contributed by atoms with E-state index in [1.165, 1.54) is 6.07 Å². The fourth-order valence-electron chi connectivity index (χ4n) is 1.32. The minimum atomic E-state index is -1.47. The monoisotopic (exact) mass is 218 g/mol. The molecule has 1 aromatic carbocycles. The van der Waals surface area contributed by atoms with Crippen LogP contribution in [0.25, 0.3) is 0 Å². The van der Waals surface area contributed by atoms with Gasteiger partial charge in [0, 0.05) is 18.2 Å². The highest BCUT2D eigenvalue weighted by atomic mass is 19.2. The Morgan fingerprint density at radius 2 is 1.80 bits per heavy atom. The van der Waals surface area contributed by atoms with Gasteiger partial charge < -0.3 is 10.6 Å². The highest BCUT2D eigenvalue weighted by molar-refractivity contribution is 5.23. The van der Waals surface area contributed by atoms with Crippen LogP contribution in [0.3, 0.4) is 0 Å². The summed E-state index contributed by atoms with van der Waals surface area (Å²) in [5.41, 5.74) is 5.63. The van der Waals surface area contributed by atoms with Crippen molar-refractivity contribution in [2.75, 3.05) is 20.6 Å². The molecule has 0 heterocycles. The first kappa shape index (κ1) is 12.0. The highest BCUT2D eigenvalue weighted by Crippen LogP contribution is 2.20. The number of nitrogens with zero attached hydrogens (tertiary/aromatic N) is 1. The molecule has 0 fully saturated rings. The van der Waals surface area contributed by atoms with Crippen molar-refractivity contribution in [3.63, 3.8) is 0 Å². The normalized spacial score (nSPS) is 13.3. The summed E-state index contributed by atoms with van der Waals surface area (Å²) in [5, 5.41) is 0. The molecule has 1 rings (SSSR count). The summed E-state index contributed by atoms with van der Waals surface area (Å²) in [5.74, 6) is -3.88. The van der Waals surface area contributed by atoms with Gasteiger partial charge in [0.05, 0.1) is 0 Å². The smallest absolute Gasteiger partial charge is 0.194 e. The van der Waals surface area contributed by atoms with Gasteiger partial charge in [-0.15, -0.1) is 0 Å². The zero-order valence-electron chi connectivity index (χ0n) is 8.60. The van der Waals surface area contributed by atoms with Crippen molar-refractivity contribution >= 4 is 0 Å². The Kier molecular flexibility index (Phi) is 3.71. The molecule has 5 heteroatoms. The second-order valence-corrected chi connectivity index (χ2v) is 3.63. The molecule has 2 N–H and O–H groups in total. The quantitative estimate of drug-likeness (QED) is 0.782. The number of halogens is 3. The number of rotatable bonds is 3. The van der Waals surface area contributed by atoms with Crippen LogP contribution in [0.4, 0.5) is 13.2 Å². The van der Waals surface area contributed by atoms with Gasteiger partial charge in [0.2, 0.25) is 0 Å². The van der Waals surface area contributed by atoms with Gasteiger partial charge in [0.25, 0.3) is 0 Å². The Balaban J connectivity index is 3.00. The third kappa shape index (κ3) is 2.70. The third-order valence-corrected chi connectivity index (χ3v) is 2.03. The zero-order chi connectivity index (χ0) is 11.6. The van der Waals surface area contributed by atoms with Gasteiger partial charge in [-0.05, 0) is 20.2 Å². The van der Waals surface area contributed by atoms with E-state index in [0.29, 0.717) is 6.54 Å². The zero-order valence-corrected chi connectivity index (χ0v) is 8.60. The minimum Gasteiger partial charge on any atom is -0.323 e. The van der Waals surface area contributed by atoms with Crippen molar-refractivity contribution in [1.29, 1.82) is 0 Å². The molecule has 0 aliphatic carbocycles. The van der Waals surface area contributed by atoms with E-state index in [0.717, 1.165) is 6.07 Å². The molecule has 1 atom stereocenters. The molecule has 84 valence electrons. The molecular formula is C10H13F3N2. The molecule has 0 aromatic heterocycles. The van der Waals surface area contributed by atoms with E-state index in [1.807, 2.05) is 0 Å². The van der Waals surface area contributed by atoms with E-state index in [4.69, 9.17) is 5.73 Å². The first-order valence-electron chi connectivity index (χ1n) is 4.47. The molecule has 0 aliphatic heterocycles. The predicted octanol–water partition coefficient (Wildman–Crippen LogP) is 1.67. The Labute approximate surface area is 86.5 Å². The fourth-order valence-corrected chi connectivity index (χ4v) is 1.32. The van der Waals surface area contributed by atoms with Crippen molar-refractivity contribution in [2.45, 2.75) is 6.04 Å².